The standard InChI is InChI=1S/C25H24N2O5/c1-30-22-7-3-6-21-24(22)20(15-26-21)19(13-23(28)27-14-18-5-4-12-32-18)16-8-10-17(11-9-16)25(29)31-2/h3-12,15,19,26H,13-14H2,1-2H3,(H,27,28)/t19-/m0/s1. The van der Waals surface area contributed by atoms with Crippen LogP contribution in [0.2, 0.25) is 0 Å². The first-order chi connectivity index (χ1) is 15.6. The smallest absolute Gasteiger partial charge is 0.337 e. The average Bonchev–Trinajstić information content (AvgIpc) is 3.51. The van der Waals surface area contributed by atoms with Crippen molar-refractivity contribution >= 4 is 22.8 Å². The SMILES string of the molecule is COC(=O)c1ccc([C@H](CC(=O)NCc2ccco2)c2c[nH]c3cccc(OC)c23)cc1. The topological polar surface area (TPSA) is 93.6 Å². The van der Waals surface area contributed by atoms with Crippen LogP contribution in [0, 0.1) is 0 Å². The van der Waals surface area contributed by atoms with E-state index in [1.54, 1.807) is 31.6 Å². The minimum absolute atomic E-state index is 0.118. The van der Waals surface area contributed by atoms with Crippen LogP contribution in [0.25, 0.3) is 10.9 Å². The van der Waals surface area contributed by atoms with Crippen LogP contribution < -0.4 is 10.1 Å². The molecule has 4 rings (SSSR count). The van der Waals surface area contributed by atoms with Crippen molar-refractivity contribution in [2.45, 2.75) is 18.9 Å². The molecule has 0 aliphatic rings. The van der Waals surface area contributed by atoms with Gasteiger partial charge in [0.05, 0.1) is 32.6 Å². The summed E-state index contributed by atoms with van der Waals surface area (Å²) in [6, 6.07) is 16.5. The van der Waals surface area contributed by atoms with Crippen LogP contribution in [0.15, 0.2) is 71.5 Å². The molecule has 0 bridgehead atoms. The van der Waals surface area contributed by atoms with E-state index in [2.05, 4.69) is 10.3 Å². The number of fused-ring (bicyclic) bond motifs is 1. The van der Waals surface area contributed by atoms with Gasteiger partial charge in [0.15, 0.2) is 0 Å². The van der Waals surface area contributed by atoms with Crippen molar-refractivity contribution in [2.75, 3.05) is 14.2 Å². The Labute approximate surface area is 185 Å². The van der Waals surface area contributed by atoms with Gasteiger partial charge in [-0.05, 0) is 47.5 Å². The lowest BCUT2D eigenvalue weighted by Crippen LogP contribution is -2.24. The zero-order chi connectivity index (χ0) is 22.5. The number of nitrogens with one attached hydrogen (secondary N) is 2. The maximum absolute atomic E-state index is 12.9. The molecule has 0 radical (unpaired) electrons. The Hall–Kier alpha value is -4.00. The maximum Gasteiger partial charge on any atom is 0.337 e. The molecule has 7 heteroatoms. The van der Waals surface area contributed by atoms with Crippen LogP contribution in [0.3, 0.4) is 0 Å². The van der Waals surface area contributed by atoms with Gasteiger partial charge in [0, 0.05) is 29.4 Å². The number of amides is 1. The number of carbonyl (C=O) groups excluding carboxylic acids is 2. The van der Waals surface area contributed by atoms with Gasteiger partial charge < -0.3 is 24.2 Å². The Morgan fingerprint density at radius 1 is 1.06 bits per heavy atom. The Balaban J connectivity index is 1.68. The van der Waals surface area contributed by atoms with Crippen LogP contribution in [-0.2, 0) is 16.1 Å². The molecule has 32 heavy (non-hydrogen) atoms. The molecule has 0 fully saturated rings. The number of aromatic nitrogens is 1. The lowest BCUT2D eigenvalue weighted by molar-refractivity contribution is -0.121. The first-order valence-corrected chi connectivity index (χ1v) is 10.2. The van der Waals surface area contributed by atoms with Gasteiger partial charge in [-0.25, -0.2) is 4.79 Å². The van der Waals surface area contributed by atoms with E-state index in [4.69, 9.17) is 13.9 Å². The number of benzene rings is 2. The summed E-state index contributed by atoms with van der Waals surface area (Å²) in [6.07, 6.45) is 3.69. The van der Waals surface area contributed by atoms with Crippen LogP contribution in [0.4, 0.5) is 0 Å². The molecule has 164 valence electrons. The number of hydrogen-bond donors (Lipinski definition) is 2. The van der Waals surface area contributed by atoms with Crippen molar-refractivity contribution in [3.63, 3.8) is 0 Å². The predicted octanol–water partition coefficient (Wildman–Crippen LogP) is 4.39. The first-order valence-electron chi connectivity index (χ1n) is 10.2. The molecule has 2 heterocycles. The number of rotatable bonds is 8. The van der Waals surface area contributed by atoms with Crippen LogP contribution >= 0.6 is 0 Å². The molecule has 2 aromatic heterocycles. The Bertz CT molecular complexity index is 1210. The number of hydrogen-bond acceptors (Lipinski definition) is 5. The van der Waals surface area contributed by atoms with Crippen molar-refractivity contribution in [1.29, 1.82) is 0 Å². The minimum atomic E-state index is -0.405. The Morgan fingerprint density at radius 2 is 1.88 bits per heavy atom. The third kappa shape index (κ3) is 4.37. The van der Waals surface area contributed by atoms with E-state index in [-0.39, 0.29) is 18.2 Å². The van der Waals surface area contributed by atoms with E-state index < -0.39 is 5.97 Å². The molecule has 2 aromatic carbocycles. The highest BCUT2D eigenvalue weighted by Gasteiger charge is 2.23. The monoisotopic (exact) mass is 432 g/mol. The largest absolute Gasteiger partial charge is 0.496 e. The molecule has 0 saturated heterocycles. The van der Waals surface area contributed by atoms with E-state index in [1.165, 1.54) is 7.11 Å². The molecule has 7 nitrogen and oxygen atoms in total. The highest BCUT2D eigenvalue weighted by Crippen LogP contribution is 2.38. The number of carbonyl (C=O) groups is 2. The lowest BCUT2D eigenvalue weighted by atomic mass is 9.87. The van der Waals surface area contributed by atoms with E-state index in [1.807, 2.05) is 42.6 Å². The number of H-pyrrole nitrogens is 1. The summed E-state index contributed by atoms with van der Waals surface area (Å²) >= 11 is 0. The normalized spacial score (nSPS) is 11.8. The number of esters is 1. The summed E-state index contributed by atoms with van der Waals surface area (Å²) in [5.74, 6) is 0.631. The molecule has 2 N–H and O–H groups in total. The summed E-state index contributed by atoms with van der Waals surface area (Å²) in [7, 11) is 2.97. The molecule has 0 saturated carbocycles. The van der Waals surface area contributed by atoms with E-state index >= 15 is 0 Å². The van der Waals surface area contributed by atoms with E-state index in [0.717, 1.165) is 27.8 Å². The third-order valence-electron chi connectivity index (χ3n) is 5.46. The molecule has 0 unspecified atom stereocenters. The predicted molar refractivity (Wildman–Crippen MR) is 120 cm³/mol. The van der Waals surface area contributed by atoms with Crippen molar-refractivity contribution in [1.82, 2.24) is 10.3 Å². The molecule has 1 atom stereocenters. The summed E-state index contributed by atoms with van der Waals surface area (Å²) in [6.45, 7) is 0.317. The molecule has 4 aromatic rings. The number of furan rings is 1. The summed E-state index contributed by atoms with van der Waals surface area (Å²) in [5, 5.41) is 3.84. The Morgan fingerprint density at radius 3 is 2.56 bits per heavy atom. The second-order valence-corrected chi connectivity index (χ2v) is 7.35. The number of aromatic amines is 1. The van der Waals surface area contributed by atoms with Gasteiger partial charge in [-0.1, -0.05) is 18.2 Å². The van der Waals surface area contributed by atoms with E-state index in [9.17, 15) is 9.59 Å². The van der Waals surface area contributed by atoms with Gasteiger partial charge in [-0.3, -0.25) is 4.79 Å². The summed E-state index contributed by atoms with van der Waals surface area (Å²) in [4.78, 5) is 28.0. The summed E-state index contributed by atoms with van der Waals surface area (Å²) in [5.41, 5.74) is 3.22. The number of ether oxygens (including phenoxy) is 2. The maximum atomic E-state index is 12.9. The fourth-order valence-corrected chi connectivity index (χ4v) is 3.85. The zero-order valence-electron chi connectivity index (χ0n) is 17.9. The average molecular weight is 432 g/mol. The van der Waals surface area contributed by atoms with Gasteiger partial charge in [0.2, 0.25) is 5.91 Å². The molecular weight excluding hydrogens is 408 g/mol. The third-order valence-corrected chi connectivity index (χ3v) is 5.46. The molecule has 1 amide bonds. The minimum Gasteiger partial charge on any atom is -0.496 e. The van der Waals surface area contributed by atoms with Gasteiger partial charge in [-0.15, -0.1) is 0 Å². The van der Waals surface area contributed by atoms with Crippen LogP contribution in [0.1, 0.15) is 39.6 Å². The quantitative estimate of drug-likeness (QED) is 0.403. The van der Waals surface area contributed by atoms with Crippen molar-refractivity contribution < 1.29 is 23.5 Å². The molecular formula is C25H24N2O5. The second kappa shape index (κ2) is 9.43. The molecule has 0 aliphatic carbocycles. The van der Waals surface area contributed by atoms with Gasteiger partial charge in [0.25, 0.3) is 0 Å². The van der Waals surface area contributed by atoms with Crippen LogP contribution in [-0.4, -0.2) is 31.1 Å². The Kier molecular flexibility index (Phi) is 6.26. The molecule has 0 aliphatic heterocycles. The van der Waals surface area contributed by atoms with Gasteiger partial charge >= 0.3 is 5.97 Å². The molecule has 0 spiro atoms. The highest BCUT2D eigenvalue weighted by molar-refractivity contribution is 5.92. The fraction of sp³-hybridized carbons (Fsp3) is 0.200. The van der Waals surface area contributed by atoms with Gasteiger partial charge in [-0.2, -0.15) is 0 Å². The van der Waals surface area contributed by atoms with Crippen molar-refractivity contribution in [2.24, 2.45) is 0 Å². The summed E-state index contributed by atoms with van der Waals surface area (Å²) < 4.78 is 15.7. The highest BCUT2D eigenvalue weighted by atomic mass is 16.5. The van der Waals surface area contributed by atoms with Gasteiger partial charge in [0.1, 0.15) is 11.5 Å². The van der Waals surface area contributed by atoms with E-state index in [0.29, 0.717) is 17.9 Å². The van der Waals surface area contributed by atoms with Crippen molar-refractivity contribution in [3.05, 3.63) is 89.5 Å². The zero-order valence-corrected chi connectivity index (χ0v) is 17.9. The van der Waals surface area contributed by atoms with Crippen molar-refractivity contribution in [3.8, 4) is 5.75 Å². The lowest BCUT2D eigenvalue weighted by Gasteiger charge is -2.18. The first kappa shape index (κ1) is 21.2. The second-order valence-electron chi connectivity index (χ2n) is 7.35. The number of methoxy groups -OCH3 is 2. The van der Waals surface area contributed by atoms with Crippen LogP contribution in [0.5, 0.6) is 5.75 Å². The fourth-order valence-electron chi connectivity index (χ4n) is 3.85.